The molecule has 1 saturated carbocycles. The lowest BCUT2D eigenvalue weighted by atomic mass is 9.90. The fourth-order valence-corrected chi connectivity index (χ4v) is 4.39. The van der Waals surface area contributed by atoms with Gasteiger partial charge in [0, 0.05) is 41.8 Å². The lowest BCUT2D eigenvalue weighted by molar-refractivity contribution is 0.0999. The van der Waals surface area contributed by atoms with Crippen molar-refractivity contribution >= 4 is 17.1 Å². The van der Waals surface area contributed by atoms with Crippen LogP contribution in [0.5, 0.6) is 0 Å². The van der Waals surface area contributed by atoms with Crippen molar-refractivity contribution in [2.75, 3.05) is 4.90 Å². The van der Waals surface area contributed by atoms with E-state index in [2.05, 4.69) is 28.8 Å². The van der Waals surface area contributed by atoms with Crippen LogP contribution in [-0.2, 0) is 0 Å². The van der Waals surface area contributed by atoms with E-state index in [0.717, 1.165) is 48.0 Å². The second-order valence-electron chi connectivity index (χ2n) is 8.03. The van der Waals surface area contributed by atoms with Crippen LogP contribution in [0.4, 0.5) is 5.69 Å². The molecule has 0 spiro atoms. The number of anilines is 1. The molecule has 3 N–H and O–H groups in total. The molecule has 7 nitrogen and oxygen atoms in total. The highest BCUT2D eigenvalue weighted by Crippen LogP contribution is 2.36. The topological polar surface area (TPSA) is 96.8 Å². The van der Waals surface area contributed by atoms with E-state index in [0.29, 0.717) is 5.56 Å². The first-order valence-corrected chi connectivity index (χ1v) is 10.1. The highest BCUT2D eigenvalue weighted by atomic mass is 16.3. The molecule has 0 unspecified atom stereocenters. The Bertz CT molecular complexity index is 1010. The van der Waals surface area contributed by atoms with Crippen LogP contribution in [0.1, 0.15) is 49.9 Å². The summed E-state index contributed by atoms with van der Waals surface area (Å²) in [5.41, 5.74) is 9.81. The van der Waals surface area contributed by atoms with Crippen molar-refractivity contribution in [2.45, 2.75) is 57.7 Å². The molecule has 4 rings (SSSR count). The van der Waals surface area contributed by atoms with Crippen LogP contribution in [0.15, 0.2) is 43.0 Å². The highest BCUT2D eigenvalue weighted by molar-refractivity contribution is 6.02. The molecule has 0 bridgehead atoms. The summed E-state index contributed by atoms with van der Waals surface area (Å²) in [6.07, 6.45) is 10.1. The van der Waals surface area contributed by atoms with Gasteiger partial charge in [-0.25, -0.2) is 4.52 Å². The van der Waals surface area contributed by atoms with Crippen LogP contribution >= 0.6 is 0 Å². The summed E-state index contributed by atoms with van der Waals surface area (Å²) in [4.78, 5) is 18.8. The summed E-state index contributed by atoms with van der Waals surface area (Å²) in [5.74, 6) is -0.486. The van der Waals surface area contributed by atoms with Crippen LogP contribution in [0.3, 0.4) is 0 Å². The highest BCUT2D eigenvalue weighted by Gasteiger charge is 2.31. The number of rotatable bonds is 5. The van der Waals surface area contributed by atoms with Crippen molar-refractivity contribution < 1.29 is 9.90 Å². The Kier molecular flexibility index (Phi) is 5.24. The number of aliphatic hydroxyl groups is 1. The van der Waals surface area contributed by atoms with E-state index < -0.39 is 5.91 Å². The second kappa shape index (κ2) is 7.83. The van der Waals surface area contributed by atoms with Gasteiger partial charge in [0.2, 0.25) is 0 Å². The Hall–Kier alpha value is -2.93. The van der Waals surface area contributed by atoms with Crippen LogP contribution in [0.2, 0.25) is 0 Å². The van der Waals surface area contributed by atoms with Gasteiger partial charge < -0.3 is 15.7 Å². The average molecular weight is 393 g/mol. The quantitative estimate of drug-likeness (QED) is 0.695. The standard InChI is InChI=1S/C22H27N5O2/c1-14(2)27(17-5-7-18(28)8-6-17)21-19(22(23)29)12-25-26-13-16(10-20(21)26)15-4-3-9-24-11-15/h3-4,9-14,17-18,28H,5-8H2,1-2H3,(H2,23,29). The van der Waals surface area contributed by atoms with E-state index in [-0.39, 0.29) is 18.2 Å². The summed E-state index contributed by atoms with van der Waals surface area (Å²) in [6.45, 7) is 4.25. The smallest absolute Gasteiger partial charge is 0.252 e. The van der Waals surface area contributed by atoms with Gasteiger partial charge in [0.25, 0.3) is 5.91 Å². The molecule has 0 atom stereocenters. The van der Waals surface area contributed by atoms with Crippen LogP contribution < -0.4 is 10.6 Å². The van der Waals surface area contributed by atoms with Gasteiger partial charge in [0.05, 0.1) is 29.1 Å². The summed E-state index contributed by atoms with van der Waals surface area (Å²) >= 11 is 0. The number of primary amides is 1. The first-order chi connectivity index (χ1) is 14.0. The molecule has 0 aromatic carbocycles. The van der Waals surface area contributed by atoms with Gasteiger partial charge in [-0.3, -0.25) is 9.78 Å². The van der Waals surface area contributed by atoms with Crippen molar-refractivity contribution in [3.05, 3.63) is 48.5 Å². The van der Waals surface area contributed by atoms with Gasteiger partial charge in [-0.2, -0.15) is 5.10 Å². The third-order valence-corrected chi connectivity index (χ3v) is 5.74. The Morgan fingerprint density at radius 3 is 2.62 bits per heavy atom. The van der Waals surface area contributed by atoms with E-state index in [1.807, 2.05) is 30.6 Å². The van der Waals surface area contributed by atoms with Crippen molar-refractivity contribution in [2.24, 2.45) is 5.73 Å². The Labute approximate surface area is 170 Å². The van der Waals surface area contributed by atoms with E-state index in [1.165, 1.54) is 0 Å². The van der Waals surface area contributed by atoms with E-state index >= 15 is 0 Å². The van der Waals surface area contributed by atoms with E-state index in [9.17, 15) is 9.90 Å². The largest absolute Gasteiger partial charge is 0.393 e. The van der Waals surface area contributed by atoms with Gasteiger partial charge in [0.1, 0.15) is 0 Å². The maximum Gasteiger partial charge on any atom is 0.252 e. The van der Waals surface area contributed by atoms with Crippen LogP contribution in [0.25, 0.3) is 16.6 Å². The minimum atomic E-state index is -0.486. The van der Waals surface area contributed by atoms with Crippen LogP contribution in [0, 0.1) is 0 Å². The Morgan fingerprint density at radius 1 is 1.24 bits per heavy atom. The molecule has 1 fully saturated rings. The number of amides is 1. The number of hydrogen-bond acceptors (Lipinski definition) is 5. The molecule has 152 valence electrons. The third-order valence-electron chi connectivity index (χ3n) is 5.74. The van der Waals surface area contributed by atoms with Gasteiger partial charge in [-0.05, 0) is 51.7 Å². The van der Waals surface area contributed by atoms with Gasteiger partial charge in [0.15, 0.2) is 0 Å². The minimum Gasteiger partial charge on any atom is -0.393 e. The van der Waals surface area contributed by atoms with Crippen LogP contribution in [-0.4, -0.2) is 43.8 Å². The number of carbonyl (C=O) groups is 1. The first kappa shape index (κ1) is 19.4. The molecular weight excluding hydrogens is 366 g/mol. The molecule has 1 aliphatic rings. The fraction of sp³-hybridized carbons (Fsp3) is 0.409. The summed E-state index contributed by atoms with van der Waals surface area (Å²) < 4.78 is 1.80. The number of nitrogens with two attached hydrogens (primary N) is 1. The minimum absolute atomic E-state index is 0.163. The lowest BCUT2D eigenvalue weighted by Crippen LogP contribution is -2.44. The number of aliphatic hydroxyl groups excluding tert-OH is 1. The van der Waals surface area contributed by atoms with Crippen molar-refractivity contribution in [3.8, 4) is 11.1 Å². The molecule has 29 heavy (non-hydrogen) atoms. The summed E-state index contributed by atoms with van der Waals surface area (Å²) in [7, 11) is 0. The zero-order chi connectivity index (χ0) is 20.5. The summed E-state index contributed by atoms with van der Waals surface area (Å²) in [6, 6.07) is 6.34. The zero-order valence-electron chi connectivity index (χ0n) is 16.8. The third kappa shape index (κ3) is 3.70. The second-order valence-corrected chi connectivity index (χ2v) is 8.03. The monoisotopic (exact) mass is 393 g/mol. The molecule has 3 aromatic heterocycles. The van der Waals surface area contributed by atoms with Gasteiger partial charge in [-0.15, -0.1) is 0 Å². The maximum absolute atomic E-state index is 12.3. The fourth-order valence-electron chi connectivity index (χ4n) is 4.39. The SMILES string of the molecule is CC(C)N(c1c(C(N)=O)cnn2cc(-c3cccnc3)cc12)C1CCC(O)CC1. The number of aromatic nitrogens is 3. The molecule has 7 heteroatoms. The predicted octanol–water partition coefficient (Wildman–Crippen LogP) is 3.01. The van der Waals surface area contributed by atoms with E-state index in [1.54, 1.807) is 16.9 Å². The number of fused-ring (bicyclic) bond motifs is 1. The van der Waals surface area contributed by atoms with E-state index in [4.69, 9.17) is 5.73 Å². The summed E-state index contributed by atoms with van der Waals surface area (Å²) in [5, 5.41) is 14.4. The first-order valence-electron chi connectivity index (χ1n) is 10.1. The zero-order valence-corrected chi connectivity index (χ0v) is 16.8. The normalized spacial score (nSPS) is 19.6. The number of carbonyl (C=O) groups excluding carboxylic acids is 1. The number of nitrogens with zero attached hydrogens (tertiary/aromatic N) is 4. The van der Waals surface area contributed by atoms with Gasteiger partial charge >= 0.3 is 0 Å². The molecular formula is C22H27N5O2. The molecule has 1 amide bonds. The van der Waals surface area contributed by atoms with Crippen molar-refractivity contribution in [3.63, 3.8) is 0 Å². The Morgan fingerprint density at radius 2 is 2.00 bits per heavy atom. The molecule has 3 aromatic rings. The predicted molar refractivity (Wildman–Crippen MR) is 113 cm³/mol. The number of pyridine rings is 1. The van der Waals surface area contributed by atoms with Gasteiger partial charge in [-0.1, -0.05) is 6.07 Å². The molecule has 3 heterocycles. The lowest BCUT2D eigenvalue weighted by Gasteiger charge is -2.41. The van der Waals surface area contributed by atoms with Crippen molar-refractivity contribution in [1.82, 2.24) is 14.6 Å². The number of hydrogen-bond donors (Lipinski definition) is 2. The molecule has 0 aliphatic heterocycles. The molecule has 0 saturated heterocycles. The molecule has 0 radical (unpaired) electrons. The average Bonchev–Trinajstić information content (AvgIpc) is 3.14. The Balaban J connectivity index is 1.88. The van der Waals surface area contributed by atoms with Crippen molar-refractivity contribution in [1.29, 1.82) is 0 Å². The maximum atomic E-state index is 12.3. The molecule has 1 aliphatic carbocycles.